The molecule has 0 bridgehead atoms. The van der Waals surface area contributed by atoms with E-state index in [4.69, 9.17) is 27.6 Å². The molecule has 0 saturated carbocycles. The van der Waals surface area contributed by atoms with Crippen LogP contribution in [0.3, 0.4) is 0 Å². The van der Waals surface area contributed by atoms with Crippen molar-refractivity contribution in [2.24, 2.45) is 0 Å². The Morgan fingerprint density at radius 2 is 0.982 bits per heavy atom. The Morgan fingerprint density at radius 3 is 1.62 bits per heavy atom. The van der Waals surface area contributed by atoms with E-state index in [-0.39, 0.29) is 27.6 Å². The van der Waals surface area contributed by atoms with Crippen LogP contribution in [0, 0.1) is 0 Å². The highest BCUT2D eigenvalue weighted by Gasteiger charge is 2.22. The van der Waals surface area contributed by atoms with Crippen LogP contribution in [0.1, 0.15) is 11.0 Å². The Kier molecular flexibility index (Phi) is 5.74. The third-order valence-electron chi connectivity index (χ3n) is 10.1. The van der Waals surface area contributed by atoms with Crippen molar-refractivity contribution in [2.75, 3.05) is 0 Å². The summed E-state index contributed by atoms with van der Waals surface area (Å²) in [6.45, 7) is 0. The summed E-state index contributed by atoms with van der Waals surface area (Å²) in [5.74, 6) is 0.995. The van der Waals surface area contributed by atoms with Crippen LogP contribution in [0.25, 0.3) is 106 Å². The van der Waals surface area contributed by atoms with E-state index in [1.807, 2.05) is 146 Å². The molecule has 11 aromatic rings. The first kappa shape index (κ1) is 24.6. The summed E-state index contributed by atoms with van der Waals surface area (Å²) in [7, 11) is 0. The van der Waals surface area contributed by atoms with Gasteiger partial charge >= 0.3 is 0 Å². The lowest BCUT2D eigenvalue weighted by Crippen LogP contribution is -2.04. The molecule has 11 rings (SSSR count). The highest BCUT2D eigenvalue weighted by atomic mass is 16.3. The third kappa shape index (κ3) is 5.21. The number of fused-ring (bicyclic) bond motifs is 6. The van der Waals surface area contributed by atoms with Crippen LogP contribution in [0.2, 0.25) is 0 Å². The zero-order valence-corrected chi connectivity index (χ0v) is 29.6. The van der Waals surface area contributed by atoms with Gasteiger partial charge in [0, 0.05) is 43.8 Å². The van der Waals surface area contributed by atoms with E-state index in [9.17, 15) is 2.74 Å². The molecule has 262 valence electrons. The normalized spacial score (nSPS) is 13.6. The van der Waals surface area contributed by atoms with Gasteiger partial charge in [-0.05, 0) is 47.0 Å². The van der Waals surface area contributed by atoms with Crippen molar-refractivity contribution < 1.29 is 15.4 Å². The van der Waals surface area contributed by atoms with Gasteiger partial charge in [-0.3, -0.25) is 0 Å². The van der Waals surface area contributed by atoms with Gasteiger partial charge in [-0.15, -0.1) is 0 Å². The summed E-state index contributed by atoms with van der Waals surface area (Å²) < 4.78 is 80.2. The fourth-order valence-electron chi connectivity index (χ4n) is 7.60. The summed E-state index contributed by atoms with van der Waals surface area (Å²) in [6.07, 6.45) is 0. The van der Waals surface area contributed by atoms with Crippen LogP contribution in [0.4, 0.5) is 0 Å². The highest BCUT2D eigenvalue weighted by Crippen LogP contribution is 2.43. The Bertz CT molecular complexity index is 3570. The second kappa shape index (κ2) is 13.0. The molecule has 56 heavy (non-hydrogen) atoms. The summed E-state index contributed by atoms with van der Waals surface area (Å²) >= 11 is 0. The minimum atomic E-state index is -0.524. The maximum absolute atomic E-state index is 9.37. The first-order chi connectivity index (χ1) is 31.1. The van der Waals surface area contributed by atoms with Gasteiger partial charge in [-0.25, -0.2) is 15.0 Å². The lowest BCUT2D eigenvalue weighted by atomic mass is 9.96. The fraction of sp³-hybridized carbons (Fsp3) is 0. The van der Waals surface area contributed by atoms with Crippen molar-refractivity contribution in [1.29, 1.82) is 0 Å². The van der Waals surface area contributed by atoms with Crippen molar-refractivity contribution in [2.45, 2.75) is 0 Å². The molecule has 0 N–H and O–H groups in total. The SMILES string of the molecule is [2H]c1c([2H])c([2H])c2c(c1[2H])c1c([2H])c([2H])c([2H])c([2H])c1n2-c1cc(-c2cccc3oc4c(-c5ccccc5)cccc4c23)ccc1-c1nc(-c2ccccc2)nc(-c2ccccc2)n1. The molecule has 3 heterocycles. The smallest absolute Gasteiger partial charge is 0.166 e. The molecule has 0 aliphatic rings. The number of hydrogen-bond donors (Lipinski definition) is 0. The van der Waals surface area contributed by atoms with E-state index in [1.165, 1.54) is 4.57 Å². The van der Waals surface area contributed by atoms with Crippen molar-refractivity contribution >= 4 is 43.7 Å². The van der Waals surface area contributed by atoms with E-state index < -0.39 is 48.3 Å². The third-order valence-corrected chi connectivity index (χ3v) is 10.1. The molecule has 3 aromatic heterocycles. The van der Waals surface area contributed by atoms with Crippen LogP contribution >= 0.6 is 0 Å². The maximum Gasteiger partial charge on any atom is 0.166 e. The van der Waals surface area contributed by atoms with E-state index in [0.29, 0.717) is 34.0 Å². The number of furan rings is 1. The number of nitrogens with zero attached hydrogens (tertiary/aromatic N) is 4. The van der Waals surface area contributed by atoms with Gasteiger partial charge in [0.05, 0.1) is 27.7 Å². The number of hydrogen-bond acceptors (Lipinski definition) is 4. The van der Waals surface area contributed by atoms with E-state index in [0.717, 1.165) is 44.2 Å². The second-order valence-corrected chi connectivity index (χ2v) is 13.4. The lowest BCUT2D eigenvalue weighted by molar-refractivity contribution is 0.670. The minimum Gasteiger partial charge on any atom is -0.455 e. The average Bonchev–Trinajstić information content (AvgIpc) is 3.92. The van der Waals surface area contributed by atoms with Crippen LogP contribution in [-0.4, -0.2) is 19.5 Å². The molecule has 0 aliphatic carbocycles. The van der Waals surface area contributed by atoms with E-state index in [2.05, 4.69) is 0 Å². The molecule has 0 aliphatic heterocycles. The number of rotatable bonds is 6. The van der Waals surface area contributed by atoms with E-state index >= 15 is 0 Å². The van der Waals surface area contributed by atoms with E-state index in [1.54, 1.807) is 0 Å². The van der Waals surface area contributed by atoms with Gasteiger partial charge in [0.1, 0.15) is 11.2 Å². The number of benzene rings is 8. The zero-order chi connectivity index (χ0) is 44.0. The Morgan fingerprint density at radius 1 is 0.429 bits per heavy atom. The molecule has 0 saturated heterocycles. The molecule has 0 radical (unpaired) electrons. The second-order valence-electron chi connectivity index (χ2n) is 13.4. The molecular formula is C51H32N4O. The molecule has 8 aromatic carbocycles. The number of aromatic nitrogens is 4. The fourth-order valence-corrected chi connectivity index (χ4v) is 7.60. The molecular weight excluding hydrogens is 685 g/mol. The quantitative estimate of drug-likeness (QED) is 0.171. The lowest BCUT2D eigenvalue weighted by Gasteiger charge is -2.16. The van der Waals surface area contributed by atoms with Crippen molar-refractivity contribution in [1.82, 2.24) is 19.5 Å². The Balaban J connectivity index is 1.28. The van der Waals surface area contributed by atoms with Crippen molar-refractivity contribution in [3.8, 4) is 62.1 Å². The standard InChI is InChI=1S/C51H32N4O/c1-4-16-33(17-5-1)38-25-14-26-42-47-37(24-15-29-46(47)56-48(38)42)36-30-31-41(45(32-36)55-43-27-12-10-22-39(43)40-23-11-13-28-44(40)55)51-53-49(34-18-6-2-7-19-34)52-50(54-51)35-20-8-3-9-21-35/h1-32H/i10D,11D,12D,13D,22D,23D,27D,28D. The van der Waals surface area contributed by atoms with Crippen LogP contribution in [0.5, 0.6) is 0 Å². The summed E-state index contributed by atoms with van der Waals surface area (Å²) in [4.78, 5) is 15.0. The zero-order valence-electron chi connectivity index (χ0n) is 37.6. The molecule has 0 amide bonds. The largest absolute Gasteiger partial charge is 0.455 e. The van der Waals surface area contributed by atoms with Gasteiger partial charge in [-0.2, -0.15) is 0 Å². The van der Waals surface area contributed by atoms with Crippen molar-refractivity contribution in [3.05, 3.63) is 194 Å². The van der Waals surface area contributed by atoms with Gasteiger partial charge in [-0.1, -0.05) is 164 Å². The topological polar surface area (TPSA) is 56.7 Å². The summed E-state index contributed by atoms with van der Waals surface area (Å²) in [5, 5.41) is 1.66. The molecule has 0 fully saturated rings. The summed E-state index contributed by atoms with van der Waals surface area (Å²) in [6, 6.07) is 42.7. The van der Waals surface area contributed by atoms with Gasteiger partial charge < -0.3 is 8.98 Å². The Hall–Kier alpha value is -7.63. The number of para-hydroxylation sites is 3. The Labute approximate surface area is 334 Å². The van der Waals surface area contributed by atoms with Gasteiger partial charge in [0.15, 0.2) is 17.5 Å². The highest BCUT2D eigenvalue weighted by molar-refractivity contribution is 6.16. The minimum absolute atomic E-state index is 0.0218. The molecule has 0 unspecified atom stereocenters. The summed E-state index contributed by atoms with van der Waals surface area (Å²) in [5.41, 5.74) is 6.93. The van der Waals surface area contributed by atoms with Crippen molar-refractivity contribution in [3.63, 3.8) is 0 Å². The molecule has 5 nitrogen and oxygen atoms in total. The first-order valence-corrected chi connectivity index (χ1v) is 18.1. The van der Waals surface area contributed by atoms with Gasteiger partial charge in [0.25, 0.3) is 0 Å². The van der Waals surface area contributed by atoms with Crippen LogP contribution in [-0.2, 0) is 0 Å². The van der Waals surface area contributed by atoms with Crippen LogP contribution < -0.4 is 0 Å². The van der Waals surface area contributed by atoms with Crippen LogP contribution in [0.15, 0.2) is 198 Å². The first-order valence-electron chi connectivity index (χ1n) is 22.1. The molecule has 5 heteroatoms. The molecule has 0 spiro atoms. The predicted octanol–water partition coefficient (Wildman–Crippen LogP) is 13.2. The monoisotopic (exact) mass is 724 g/mol. The predicted molar refractivity (Wildman–Crippen MR) is 229 cm³/mol. The average molecular weight is 725 g/mol. The van der Waals surface area contributed by atoms with Gasteiger partial charge in [0.2, 0.25) is 0 Å². The maximum atomic E-state index is 9.37. The molecule has 0 atom stereocenters.